The quantitative estimate of drug-likeness (QED) is 0.438. The highest BCUT2D eigenvalue weighted by Crippen LogP contribution is 2.30. The molecule has 1 saturated heterocycles. The lowest BCUT2D eigenvalue weighted by molar-refractivity contribution is -0.131. The summed E-state index contributed by atoms with van der Waals surface area (Å²) >= 11 is 0. The Morgan fingerprint density at radius 1 is 0.912 bits per heavy atom. The molecule has 0 spiro atoms. The van der Waals surface area contributed by atoms with Crippen LogP contribution in [0.25, 0.3) is 16.7 Å². The number of anilines is 1. The van der Waals surface area contributed by atoms with Crippen molar-refractivity contribution < 1.29 is 4.79 Å². The molecule has 2 aromatic carbocycles. The van der Waals surface area contributed by atoms with E-state index in [1.165, 1.54) is 5.56 Å². The number of hydrogen-bond acceptors (Lipinski definition) is 5. The van der Waals surface area contributed by atoms with Crippen LogP contribution in [0.3, 0.4) is 0 Å². The van der Waals surface area contributed by atoms with Crippen LogP contribution < -0.4 is 4.90 Å². The molecule has 0 saturated carbocycles. The number of aromatic nitrogens is 4. The van der Waals surface area contributed by atoms with E-state index in [2.05, 4.69) is 17.0 Å². The van der Waals surface area contributed by atoms with Crippen LogP contribution in [-0.4, -0.2) is 56.7 Å². The van der Waals surface area contributed by atoms with Crippen LogP contribution in [-0.2, 0) is 11.2 Å². The molecule has 34 heavy (non-hydrogen) atoms. The number of piperazine rings is 1. The van der Waals surface area contributed by atoms with E-state index in [1.54, 1.807) is 0 Å². The van der Waals surface area contributed by atoms with Crippen LogP contribution >= 0.6 is 0 Å². The second-order valence-corrected chi connectivity index (χ2v) is 8.78. The number of carbonyl (C=O) groups excluding carboxylic acids is 1. The number of para-hydroxylation sites is 1. The third-order valence-electron chi connectivity index (χ3n) is 6.33. The van der Waals surface area contributed by atoms with Crippen molar-refractivity contribution >= 4 is 22.8 Å². The summed E-state index contributed by atoms with van der Waals surface area (Å²) in [4.78, 5) is 26.7. The number of hydrogen-bond donors (Lipinski definition) is 0. The number of benzene rings is 2. The van der Waals surface area contributed by atoms with E-state index in [1.807, 2.05) is 72.0 Å². The van der Waals surface area contributed by atoms with Gasteiger partial charge in [-0.15, -0.1) is 0 Å². The SMILES string of the molecule is CCCC(=O)N1CCN(c2nc(Cc3ccccc3)nc3c2c(C)nn3-c2ccccc2)CC1. The largest absolute Gasteiger partial charge is 0.352 e. The summed E-state index contributed by atoms with van der Waals surface area (Å²) < 4.78 is 1.92. The maximum absolute atomic E-state index is 12.4. The predicted octanol–water partition coefficient (Wildman–Crippen LogP) is 4.16. The van der Waals surface area contributed by atoms with E-state index in [0.29, 0.717) is 25.9 Å². The molecule has 4 aromatic rings. The molecule has 1 amide bonds. The molecule has 3 heterocycles. The van der Waals surface area contributed by atoms with Crippen molar-refractivity contribution in [2.24, 2.45) is 0 Å². The Kier molecular flexibility index (Phi) is 6.25. The van der Waals surface area contributed by atoms with Crippen molar-refractivity contribution in [2.45, 2.75) is 33.1 Å². The summed E-state index contributed by atoms with van der Waals surface area (Å²) in [7, 11) is 0. The average Bonchev–Trinajstić information content (AvgIpc) is 3.21. The second-order valence-electron chi connectivity index (χ2n) is 8.78. The van der Waals surface area contributed by atoms with Gasteiger partial charge in [0.15, 0.2) is 5.65 Å². The predicted molar refractivity (Wildman–Crippen MR) is 134 cm³/mol. The molecular weight excluding hydrogens is 424 g/mol. The van der Waals surface area contributed by atoms with Gasteiger partial charge in [0.05, 0.1) is 16.8 Å². The summed E-state index contributed by atoms with van der Waals surface area (Å²) in [5.41, 5.74) is 3.88. The van der Waals surface area contributed by atoms with Crippen molar-refractivity contribution in [1.29, 1.82) is 0 Å². The van der Waals surface area contributed by atoms with E-state index < -0.39 is 0 Å². The molecule has 0 bridgehead atoms. The number of rotatable bonds is 6. The molecule has 0 N–H and O–H groups in total. The van der Waals surface area contributed by atoms with Gasteiger partial charge < -0.3 is 9.80 Å². The monoisotopic (exact) mass is 454 g/mol. The molecule has 7 heteroatoms. The molecule has 0 aliphatic carbocycles. The van der Waals surface area contributed by atoms with Gasteiger partial charge in [-0.2, -0.15) is 5.10 Å². The second kappa shape index (κ2) is 9.63. The number of aryl methyl sites for hydroxylation is 1. The summed E-state index contributed by atoms with van der Waals surface area (Å²) in [6.07, 6.45) is 2.14. The minimum absolute atomic E-state index is 0.243. The lowest BCUT2D eigenvalue weighted by Gasteiger charge is -2.35. The maximum Gasteiger partial charge on any atom is 0.222 e. The highest BCUT2D eigenvalue weighted by Gasteiger charge is 2.26. The average molecular weight is 455 g/mol. The van der Waals surface area contributed by atoms with Crippen molar-refractivity contribution in [1.82, 2.24) is 24.6 Å². The van der Waals surface area contributed by atoms with Crippen LogP contribution in [0.4, 0.5) is 5.82 Å². The van der Waals surface area contributed by atoms with Crippen LogP contribution in [0.5, 0.6) is 0 Å². The third-order valence-corrected chi connectivity index (χ3v) is 6.33. The first-order chi connectivity index (χ1) is 16.6. The van der Waals surface area contributed by atoms with Crippen LogP contribution in [0.15, 0.2) is 60.7 Å². The minimum Gasteiger partial charge on any atom is -0.352 e. The van der Waals surface area contributed by atoms with Gasteiger partial charge in [-0.25, -0.2) is 14.6 Å². The summed E-state index contributed by atoms with van der Waals surface area (Å²) in [5.74, 6) is 1.93. The highest BCUT2D eigenvalue weighted by molar-refractivity contribution is 5.91. The van der Waals surface area contributed by atoms with Crippen LogP contribution in [0, 0.1) is 6.92 Å². The number of nitrogens with zero attached hydrogens (tertiary/aromatic N) is 6. The first-order valence-corrected chi connectivity index (χ1v) is 12.0. The Balaban J connectivity index is 1.56. The molecule has 2 aromatic heterocycles. The standard InChI is InChI=1S/C27H30N6O/c1-3-10-24(34)31-15-17-32(18-16-31)26-25-20(2)30-33(22-13-8-5-9-14-22)27(25)29-23(28-26)19-21-11-6-4-7-12-21/h4-9,11-14H,3,10,15-19H2,1-2H3. The highest BCUT2D eigenvalue weighted by atomic mass is 16.2. The van der Waals surface area contributed by atoms with Gasteiger partial charge in [0.1, 0.15) is 11.6 Å². The normalized spacial score (nSPS) is 14.1. The zero-order valence-corrected chi connectivity index (χ0v) is 19.8. The lowest BCUT2D eigenvalue weighted by atomic mass is 10.1. The minimum atomic E-state index is 0.243. The molecule has 174 valence electrons. The van der Waals surface area contributed by atoms with Gasteiger partial charge in [0.25, 0.3) is 0 Å². The first kappa shape index (κ1) is 22.1. The summed E-state index contributed by atoms with van der Waals surface area (Å²) in [6, 6.07) is 20.4. The Morgan fingerprint density at radius 2 is 1.59 bits per heavy atom. The fourth-order valence-corrected chi connectivity index (χ4v) is 4.58. The fraction of sp³-hybridized carbons (Fsp3) is 0.333. The number of amides is 1. The van der Waals surface area contributed by atoms with E-state index in [4.69, 9.17) is 15.1 Å². The smallest absolute Gasteiger partial charge is 0.222 e. The molecule has 1 aliphatic rings. The maximum atomic E-state index is 12.4. The molecule has 1 aliphatic heterocycles. The van der Waals surface area contributed by atoms with Crippen LogP contribution in [0.1, 0.15) is 36.8 Å². The van der Waals surface area contributed by atoms with E-state index in [9.17, 15) is 4.79 Å². The van der Waals surface area contributed by atoms with Crippen molar-refractivity contribution in [3.63, 3.8) is 0 Å². The van der Waals surface area contributed by atoms with Gasteiger partial charge >= 0.3 is 0 Å². The van der Waals surface area contributed by atoms with Gasteiger partial charge in [-0.3, -0.25) is 4.79 Å². The van der Waals surface area contributed by atoms with Gasteiger partial charge in [-0.05, 0) is 31.0 Å². The zero-order valence-electron chi connectivity index (χ0n) is 19.8. The van der Waals surface area contributed by atoms with Crippen molar-refractivity contribution in [3.8, 4) is 5.69 Å². The van der Waals surface area contributed by atoms with Crippen molar-refractivity contribution in [3.05, 3.63) is 77.7 Å². The van der Waals surface area contributed by atoms with Crippen molar-refractivity contribution in [2.75, 3.05) is 31.1 Å². The molecule has 5 rings (SSSR count). The number of carbonyl (C=O) groups is 1. The molecule has 7 nitrogen and oxygen atoms in total. The molecule has 0 radical (unpaired) electrons. The first-order valence-electron chi connectivity index (χ1n) is 12.0. The Labute approximate surface area is 200 Å². The Hall–Kier alpha value is -3.74. The van der Waals surface area contributed by atoms with Crippen LogP contribution in [0.2, 0.25) is 0 Å². The molecule has 1 fully saturated rings. The van der Waals surface area contributed by atoms with Gasteiger partial charge in [-0.1, -0.05) is 55.5 Å². The zero-order chi connectivity index (χ0) is 23.5. The topological polar surface area (TPSA) is 67.2 Å². The van der Waals surface area contributed by atoms with E-state index >= 15 is 0 Å². The lowest BCUT2D eigenvalue weighted by Crippen LogP contribution is -2.49. The Morgan fingerprint density at radius 3 is 2.26 bits per heavy atom. The van der Waals surface area contributed by atoms with Gasteiger partial charge in [0.2, 0.25) is 5.91 Å². The molecule has 0 unspecified atom stereocenters. The van der Waals surface area contributed by atoms with E-state index in [-0.39, 0.29) is 5.91 Å². The molecular formula is C27H30N6O. The van der Waals surface area contributed by atoms with Gasteiger partial charge in [0, 0.05) is 39.0 Å². The fourth-order valence-electron chi connectivity index (χ4n) is 4.58. The Bertz CT molecular complexity index is 1280. The van der Waals surface area contributed by atoms with E-state index in [0.717, 1.165) is 53.6 Å². The summed E-state index contributed by atoms with van der Waals surface area (Å²) in [5, 5.41) is 5.83. The third kappa shape index (κ3) is 4.38. The molecule has 0 atom stereocenters. The number of fused-ring (bicyclic) bond motifs is 1. The summed E-state index contributed by atoms with van der Waals surface area (Å²) in [6.45, 7) is 7.00.